The summed E-state index contributed by atoms with van der Waals surface area (Å²) in [6.07, 6.45) is 0. The standard InChI is InChI=1S/C16H15ClO/c1-10-8-9-13(12(3)11(10)2)14-6-4-5-7-15(14)16(17)18/h4-9H,1-3H3. The highest BCUT2D eigenvalue weighted by atomic mass is 35.5. The van der Waals surface area contributed by atoms with E-state index in [9.17, 15) is 4.79 Å². The highest BCUT2D eigenvalue weighted by Crippen LogP contribution is 2.30. The smallest absolute Gasteiger partial charge is 0.253 e. The van der Waals surface area contributed by atoms with Crippen molar-refractivity contribution in [3.05, 3.63) is 58.7 Å². The van der Waals surface area contributed by atoms with Gasteiger partial charge in [-0.25, -0.2) is 0 Å². The second-order valence-corrected chi connectivity index (χ2v) is 4.84. The van der Waals surface area contributed by atoms with E-state index in [1.54, 1.807) is 6.07 Å². The van der Waals surface area contributed by atoms with Crippen LogP contribution in [0.4, 0.5) is 0 Å². The predicted molar refractivity (Wildman–Crippen MR) is 76.3 cm³/mol. The van der Waals surface area contributed by atoms with Crippen LogP contribution in [0.2, 0.25) is 0 Å². The highest BCUT2D eigenvalue weighted by molar-refractivity contribution is 6.68. The largest absolute Gasteiger partial charge is 0.276 e. The molecule has 0 N–H and O–H groups in total. The Bertz CT molecular complexity index is 614. The summed E-state index contributed by atoms with van der Waals surface area (Å²) in [4.78, 5) is 11.5. The molecule has 0 aliphatic heterocycles. The Morgan fingerprint density at radius 1 is 0.889 bits per heavy atom. The van der Waals surface area contributed by atoms with Gasteiger partial charge in [0.2, 0.25) is 0 Å². The van der Waals surface area contributed by atoms with Gasteiger partial charge in [0.1, 0.15) is 0 Å². The Labute approximate surface area is 112 Å². The van der Waals surface area contributed by atoms with E-state index in [-0.39, 0.29) is 0 Å². The molecule has 0 amide bonds. The molecule has 0 spiro atoms. The first-order valence-electron chi connectivity index (χ1n) is 5.88. The third kappa shape index (κ3) is 2.19. The van der Waals surface area contributed by atoms with Crippen molar-refractivity contribution in [2.75, 3.05) is 0 Å². The van der Waals surface area contributed by atoms with Crippen LogP contribution < -0.4 is 0 Å². The van der Waals surface area contributed by atoms with Gasteiger partial charge in [-0.1, -0.05) is 30.3 Å². The maximum atomic E-state index is 11.5. The summed E-state index contributed by atoms with van der Waals surface area (Å²) in [5.41, 5.74) is 6.24. The van der Waals surface area contributed by atoms with Gasteiger partial charge < -0.3 is 0 Å². The molecule has 2 aromatic rings. The molecule has 0 saturated carbocycles. The van der Waals surface area contributed by atoms with Gasteiger partial charge in [0.15, 0.2) is 0 Å². The Balaban J connectivity index is 2.70. The minimum absolute atomic E-state index is 0.414. The van der Waals surface area contributed by atoms with E-state index >= 15 is 0 Å². The van der Waals surface area contributed by atoms with E-state index in [1.807, 2.05) is 18.2 Å². The van der Waals surface area contributed by atoms with Gasteiger partial charge in [0.25, 0.3) is 5.24 Å². The number of hydrogen-bond donors (Lipinski definition) is 0. The van der Waals surface area contributed by atoms with Gasteiger partial charge in [0.05, 0.1) is 0 Å². The average molecular weight is 259 g/mol. The summed E-state index contributed by atoms with van der Waals surface area (Å²) >= 11 is 5.64. The van der Waals surface area contributed by atoms with Gasteiger partial charge >= 0.3 is 0 Å². The van der Waals surface area contributed by atoms with E-state index < -0.39 is 5.24 Å². The molecule has 0 aliphatic carbocycles. The Hall–Kier alpha value is -1.60. The van der Waals surface area contributed by atoms with Crippen LogP contribution >= 0.6 is 11.6 Å². The van der Waals surface area contributed by atoms with Gasteiger partial charge in [0, 0.05) is 5.56 Å². The molecule has 0 bridgehead atoms. The Morgan fingerprint density at radius 3 is 2.22 bits per heavy atom. The lowest BCUT2D eigenvalue weighted by Crippen LogP contribution is -1.97. The van der Waals surface area contributed by atoms with Crippen molar-refractivity contribution in [2.24, 2.45) is 0 Å². The normalized spacial score (nSPS) is 10.4. The van der Waals surface area contributed by atoms with Crippen LogP contribution in [0.5, 0.6) is 0 Å². The predicted octanol–water partition coefficient (Wildman–Crippen LogP) is 4.66. The summed E-state index contributed by atoms with van der Waals surface area (Å²) < 4.78 is 0. The number of benzene rings is 2. The molecular formula is C16H15ClO. The third-order valence-corrected chi connectivity index (χ3v) is 3.69. The van der Waals surface area contributed by atoms with Gasteiger partial charge in [-0.05, 0) is 66.3 Å². The third-order valence-electron chi connectivity index (χ3n) is 3.49. The molecule has 2 aromatic carbocycles. The van der Waals surface area contributed by atoms with E-state index in [0.29, 0.717) is 5.56 Å². The maximum absolute atomic E-state index is 11.5. The van der Waals surface area contributed by atoms with Crippen molar-refractivity contribution >= 4 is 16.8 Å². The van der Waals surface area contributed by atoms with Crippen LogP contribution in [-0.4, -0.2) is 5.24 Å². The molecule has 1 nitrogen and oxygen atoms in total. The average Bonchev–Trinajstić information content (AvgIpc) is 2.36. The molecule has 0 unspecified atom stereocenters. The van der Waals surface area contributed by atoms with Crippen LogP contribution in [0.15, 0.2) is 36.4 Å². The number of rotatable bonds is 2. The summed E-state index contributed by atoms with van der Waals surface area (Å²) in [7, 11) is 0. The number of aryl methyl sites for hydroxylation is 1. The molecule has 0 saturated heterocycles. The lowest BCUT2D eigenvalue weighted by molar-refractivity contribution is 0.108. The topological polar surface area (TPSA) is 17.1 Å². The monoisotopic (exact) mass is 258 g/mol. The molecule has 0 heterocycles. The Kier molecular flexibility index (Phi) is 3.53. The molecule has 0 radical (unpaired) electrons. The number of hydrogen-bond acceptors (Lipinski definition) is 1. The summed E-state index contributed by atoms with van der Waals surface area (Å²) in [5, 5.41) is -0.414. The zero-order valence-electron chi connectivity index (χ0n) is 10.8. The SMILES string of the molecule is Cc1ccc(-c2ccccc2C(=O)Cl)c(C)c1C. The zero-order chi connectivity index (χ0) is 13.3. The maximum Gasteiger partial charge on any atom is 0.253 e. The number of halogens is 1. The fraction of sp³-hybridized carbons (Fsp3) is 0.188. The summed E-state index contributed by atoms with van der Waals surface area (Å²) in [6, 6.07) is 11.6. The first-order chi connectivity index (χ1) is 8.52. The molecule has 92 valence electrons. The van der Waals surface area contributed by atoms with E-state index in [4.69, 9.17) is 11.6 Å². The van der Waals surface area contributed by atoms with Gasteiger partial charge in [-0.15, -0.1) is 0 Å². The summed E-state index contributed by atoms with van der Waals surface area (Å²) in [5.74, 6) is 0. The minimum atomic E-state index is -0.414. The van der Waals surface area contributed by atoms with Crippen molar-refractivity contribution in [3.8, 4) is 11.1 Å². The fourth-order valence-electron chi connectivity index (χ4n) is 2.14. The van der Waals surface area contributed by atoms with E-state index in [1.165, 1.54) is 16.7 Å². The van der Waals surface area contributed by atoms with Gasteiger partial charge in [-0.3, -0.25) is 4.79 Å². The molecular weight excluding hydrogens is 244 g/mol. The molecule has 18 heavy (non-hydrogen) atoms. The lowest BCUT2D eigenvalue weighted by Gasteiger charge is -2.13. The fourth-order valence-corrected chi connectivity index (χ4v) is 2.30. The van der Waals surface area contributed by atoms with Crippen molar-refractivity contribution in [3.63, 3.8) is 0 Å². The first-order valence-corrected chi connectivity index (χ1v) is 6.26. The van der Waals surface area contributed by atoms with Crippen LogP contribution in [0.3, 0.4) is 0 Å². The molecule has 0 aromatic heterocycles. The summed E-state index contributed by atoms with van der Waals surface area (Å²) in [6.45, 7) is 6.26. The first kappa shape index (κ1) is 12.8. The van der Waals surface area contributed by atoms with Crippen molar-refractivity contribution < 1.29 is 4.79 Å². The second kappa shape index (κ2) is 4.95. The van der Waals surface area contributed by atoms with Crippen molar-refractivity contribution in [1.82, 2.24) is 0 Å². The van der Waals surface area contributed by atoms with Crippen LogP contribution in [0, 0.1) is 20.8 Å². The Morgan fingerprint density at radius 2 is 1.56 bits per heavy atom. The molecule has 0 fully saturated rings. The zero-order valence-corrected chi connectivity index (χ0v) is 11.5. The second-order valence-electron chi connectivity index (χ2n) is 4.50. The minimum Gasteiger partial charge on any atom is -0.276 e. The van der Waals surface area contributed by atoms with Crippen molar-refractivity contribution in [1.29, 1.82) is 0 Å². The highest BCUT2D eigenvalue weighted by Gasteiger charge is 2.13. The van der Waals surface area contributed by atoms with Crippen LogP contribution in [0.1, 0.15) is 27.0 Å². The van der Waals surface area contributed by atoms with Crippen molar-refractivity contribution in [2.45, 2.75) is 20.8 Å². The number of carbonyl (C=O) groups is 1. The quantitative estimate of drug-likeness (QED) is 0.716. The molecule has 0 atom stereocenters. The lowest BCUT2D eigenvalue weighted by atomic mass is 9.92. The van der Waals surface area contributed by atoms with Crippen LogP contribution in [-0.2, 0) is 0 Å². The molecule has 2 heteroatoms. The van der Waals surface area contributed by atoms with Crippen LogP contribution in [0.25, 0.3) is 11.1 Å². The molecule has 2 rings (SSSR count). The molecule has 0 aliphatic rings. The van der Waals surface area contributed by atoms with Gasteiger partial charge in [-0.2, -0.15) is 0 Å². The van der Waals surface area contributed by atoms with E-state index in [2.05, 4.69) is 32.9 Å². The number of carbonyl (C=O) groups excluding carboxylic acids is 1. The van der Waals surface area contributed by atoms with E-state index in [0.717, 1.165) is 11.1 Å².